The normalized spacial score (nSPS) is 17.3. The SMILES string of the molecule is COc1cc(/C=C2\SC(=O)N(CC(=O)N3CCCCC3)C2=O)cc(Cl)c1OCc1cccc(F)c1. The van der Waals surface area contributed by atoms with Crippen molar-refractivity contribution in [2.75, 3.05) is 26.7 Å². The second kappa shape index (κ2) is 11.1. The summed E-state index contributed by atoms with van der Waals surface area (Å²) in [6.07, 6.45) is 4.46. The molecule has 0 radical (unpaired) electrons. The molecule has 184 valence electrons. The number of thioether (sulfide) groups is 1. The van der Waals surface area contributed by atoms with Crippen LogP contribution in [-0.2, 0) is 16.2 Å². The molecular weight excluding hydrogens is 495 g/mol. The molecule has 0 aromatic heterocycles. The van der Waals surface area contributed by atoms with Gasteiger partial charge in [-0.3, -0.25) is 19.3 Å². The van der Waals surface area contributed by atoms with Crippen molar-refractivity contribution in [3.05, 3.63) is 63.3 Å². The highest BCUT2D eigenvalue weighted by Crippen LogP contribution is 2.39. The monoisotopic (exact) mass is 518 g/mol. The summed E-state index contributed by atoms with van der Waals surface area (Å²) in [5, 5.41) is -0.258. The minimum Gasteiger partial charge on any atom is -0.493 e. The summed E-state index contributed by atoms with van der Waals surface area (Å²) in [5.74, 6) is -0.522. The van der Waals surface area contributed by atoms with Gasteiger partial charge in [0.1, 0.15) is 19.0 Å². The first-order valence-corrected chi connectivity index (χ1v) is 12.3. The zero-order valence-electron chi connectivity index (χ0n) is 19.1. The van der Waals surface area contributed by atoms with Crippen LogP contribution in [0.1, 0.15) is 30.4 Å². The van der Waals surface area contributed by atoms with E-state index < -0.39 is 11.1 Å². The van der Waals surface area contributed by atoms with Gasteiger partial charge in [-0.05, 0) is 72.5 Å². The van der Waals surface area contributed by atoms with Crippen LogP contribution in [0.2, 0.25) is 5.02 Å². The Morgan fingerprint density at radius 1 is 1.17 bits per heavy atom. The Labute approximate surface area is 211 Å². The van der Waals surface area contributed by atoms with Crippen molar-refractivity contribution in [2.45, 2.75) is 25.9 Å². The lowest BCUT2D eigenvalue weighted by molar-refractivity contribution is -0.136. The van der Waals surface area contributed by atoms with E-state index in [0.717, 1.165) is 35.9 Å². The van der Waals surface area contributed by atoms with Gasteiger partial charge >= 0.3 is 0 Å². The van der Waals surface area contributed by atoms with Crippen LogP contribution in [0, 0.1) is 5.82 Å². The van der Waals surface area contributed by atoms with Gasteiger partial charge in [0.15, 0.2) is 11.5 Å². The number of carbonyl (C=O) groups excluding carboxylic acids is 3. The third kappa shape index (κ3) is 5.97. The van der Waals surface area contributed by atoms with Crippen LogP contribution in [0.5, 0.6) is 11.5 Å². The van der Waals surface area contributed by atoms with Gasteiger partial charge < -0.3 is 14.4 Å². The first-order chi connectivity index (χ1) is 16.9. The predicted octanol–water partition coefficient (Wildman–Crippen LogP) is 5.12. The number of nitrogens with zero attached hydrogens (tertiary/aromatic N) is 2. The molecule has 2 aromatic rings. The van der Waals surface area contributed by atoms with Crippen molar-refractivity contribution >= 4 is 46.5 Å². The molecule has 0 aliphatic carbocycles. The molecular formula is C25H24ClFN2O5S. The summed E-state index contributed by atoms with van der Waals surface area (Å²) >= 11 is 7.19. The van der Waals surface area contributed by atoms with Gasteiger partial charge in [-0.2, -0.15) is 0 Å². The maximum Gasteiger partial charge on any atom is 0.294 e. The van der Waals surface area contributed by atoms with Crippen LogP contribution in [-0.4, -0.2) is 53.6 Å². The Kier molecular flexibility index (Phi) is 7.97. The first-order valence-electron chi connectivity index (χ1n) is 11.1. The highest BCUT2D eigenvalue weighted by atomic mass is 35.5. The largest absolute Gasteiger partial charge is 0.493 e. The quantitative estimate of drug-likeness (QED) is 0.474. The van der Waals surface area contributed by atoms with Gasteiger partial charge in [-0.15, -0.1) is 0 Å². The fourth-order valence-electron chi connectivity index (χ4n) is 3.91. The average Bonchev–Trinajstić information content (AvgIpc) is 3.10. The summed E-state index contributed by atoms with van der Waals surface area (Å²) in [5.41, 5.74) is 1.15. The molecule has 2 aromatic carbocycles. The van der Waals surface area contributed by atoms with Gasteiger partial charge in [-0.1, -0.05) is 23.7 Å². The summed E-state index contributed by atoms with van der Waals surface area (Å²) in [6, 6.07) is 9.22. The summed E-state index contributed by atoms with van der Waals surface area (Å²) in [7, 11) is 1.45. The van der Waals surface area contributed by atoms with Gasteiger partial charge in [0.2, 0.25) is 5.91 Å². The third-order valence-corrected chi connectivity index (χ3v) is 6.89. The zero-order valence-corrected chi connectivity index (χ0v) is 20.7. The van der Waals surface area contributed by atoms with Gasteiger partial charge in [-0.25, -0.2) is 4.39 Å². The number of halogens is 2. The van der Waals surface area contributed by atoms with Crippen molar-refractivity contribution in [3.63, 3.8) is 0 Å². The number of rotatable bonds is 7. The molecule has 2 fully saturated rings. The van der Waals surface area contributed by atoms with Crippen LogP contribution in [0.3, 0.4) is 0 Å². The summed E-state index contributed by atoms with van der Waals surface area (Å²) in [6.45, 7) is 1.11. The number of hydrogen-bond donors (Lipinski definition) is 0. The van der Waals surface area contributed by atoms with E-state index in [1.807, 2.05) is 0 Å². The molecule has 0 saturated carbocycles. The first kappa shape index (κ1) is 25.1. The third-order valence-electron chi connectivity index (χ3n) is 5.70. The number of piperidine rings is 1. The number of ether oxygens (including phenoxy) is 2. The molecule has 0 bridgehead atoms. The molecule has 2 heterocycles. The van der Waals surface area contributed by atoms with E-state index in [1.165, 1.54) is 25.3 Å². The number of benzene rings is 2. The van der Waals surface area contributed by atoms with E-state index >= 15 is 0 Å². The second-order valence-corrected chi connectivity index (χ2v) is 9.56. The van der Waals surface area contributed by atoms with E-state index in [-0.39, 0.29) is 40.6 Å². The number of hydrogen-bond acceptors (Lipinski definition) is 6. The lowest BCUT2D eigenvalue weighted by Crippen LogP contribution is -2.44. The van der Waals surface area contributed by atoms with Crippen LogP contribution in [0.25, 0.3) is 6.08 Å². The molecule has 2 aliphatic rings. The average molecular weight is 519 g/mol. The number of carbonyl (C=O) groups is 3. The molecule has 2 saturated heterocycles. The number of methoxy groups -OCH3 is 1. The van der Waals surface area contributed by atoms with Crippen molar-refractivity contribution in [1.29, 1.82) is 0 Å². The molecule has 2 aliphatic heterocycles. The Morgan fingerprint density at radius 3 is 2.66 bits per heavy atom. The van der Waals surface area contributed by atoms with Crippen LogP contribution >= 0.6 is 23.4 Å². The predicted molar refractivity (Wildman–Crippen MR) is 132 cm³/mol. The fourth-order valence-corrected chi connectivity index (χ4v) is 5.02. The van der Waals surface area contributed by atoms with Gasteiger partial charge in [0.25, 0.3) is 11.1 Å². The van der Waals surface area contributed by atoms with Gasteiger partial charge in [0.05, 0.1) is 17.0 Å². The molecule has 3 amide bonds. The Balaban J connectivity index is 1.48. The lowest BCUT2D eigenvalue weighted by Gasteiger charge is -2.27. The topological polar surface area (TPSA) is 76.2 Å². The van der Waals surface area contributed by atoms with E-state index in [2.05, 4.69) is 0 Å². The van der Waals surface area contributed by atoms with Crippen molar-refractivity contribution in [1.82, 2.24) is 9.80 Å². The lowest BCUT2D eigenvalue weighted by atomic mass is 10.1. The molecule has 0 unspecified atom stereocenters. The summed E-state index contributed by atoms with van der Waals surface area (Å²) in [4.78, 5) is 40.7. The van der Waals surface area contributed by atoms with Crippen molar-refractivity contribution in [2.24, 2.45) is 0 Å². The maximum atomic E-state index is 13.4. The number of amides is 3. The standard InChI is InChI=1S/C25H24ClFN2O5S/c1-33-20-12-17(11-19(26)23(20)34-15-16-6-5-7-18(27)10-16)13-21-24(31)29(25(32)35-21)14-22(30)28-8-3-2-4-9-28/h5-7,10-13H,2-4,8-9,14-15H2,1H3/b21-13-. The molecule has 0 spiro atoms. The van der Waals surface area contributed by atoms with Crippen LogP contribution in [0.4, 0.5) is 9.18 Å². The molecule has 7 nitrogen and oxygen atoms in total. The fraction of sp³-hybridized carbons (Fsp3) is 0.320. The Morgan fingerprint density at radius 2 is 1.94 bits per heavy atom. The van der Waals surface area contributed by atoms with E-state index in [1.54, 1.807) is 29.2 Å². The number of imide groups is 1. The Hall–Kier alpha value is -3.04. The maximum absolute atomic E-state index is 13.4. The van der Waals surface area contributed by atoms with Crippen molar-refractivity contribution in [3.8, 4) is 11.5 Å². The molecule has 0 atom stereocenters. The molecule has 0 N–H and O–H groups in total. The Bertz CT molecular complexity index is 1180. The molecule has 35 heavy (non-hydrogen) atoms. The second-order valence-electron chi connectivity index (χ2n) is 8.16. The molecule has 10 heteroatoms. The highest BCUT2D eigenvalue weighted by molar-refractivity contribution is 8.18. The van der Waals surface area contributed by atoms with Crippen molar-refractivity contribution < 1.29 is 28.2 Å². The smallest absolute Gasteiger partial charge is 0.294 e. The minimum atomic E-state index is -0.521. The van der Waals surface area contributed by atoms with E-state index in [0.29, 0.717) is 30.0 Å². The summed E-state index contributed by atoms with van der Waals surface area (Å²) < 4.78 is 24.6. The van der Waals surface area contributed by atoms with Crippen LogP contribution in [0.15, 0.2) is 41.3 Å². The van der Waals surface area contributed by atoms with E-state index in [4.69, 9.17) is 21.1 Å². The molecule has 4 rings (SSSR count). The van der Waals surface area contributed by atoms with Gasteiger partial charge in [0, 0.05) is 13.1 Å². The van der Waals surface area contributed by atoms with E-state index in [9.17, 15) is 18.8 Å². The minimum absolute atomic E-state index is 0.0805. The van der Waals surface area contributed by atoms with Crippen LogP contribution < -0.4 is 9.47 Å². The zero-order chi connectivity index (χ0) is 24.9. The number of likely N-dealkylation sites (tertiary alicyclic amines) is 1. The highest BCUT2D eigenvalue weighted by Gasteiger charge is 2.37.